The number of sulfonamides is 1. The molecule has 1 aliphatic heterocycles. The van der Waals surface area contributed by atoms with E-state index in [0.29, 0.717) is 38.1 Å². The lowest BCUT2D eigenvalue weighted by Gasteiger charge is -2.31. The Balaban J connectivity index is 1.49. The van der Waals surface area contributed by atoms with Crippen LogP contribution in [-0.2, 0) is 16.4 Å². The lowest BCUT2D eigenvalue weighted by Crippen LogP contribution is -2.42. The quantitative estimate of drug-likeness (QED) is 0.792. The Morgan fingerprint density at radius 1 is 1.00 bits per heavy atom. The van der Waals surface area contributed by atoms with Gasteiger partial charge < -0.3 is 4.74 Å². The van der Waals surface area contributed by atoms with Crippen molar-refractivity contribution in [2.24, 2.45) is 0 Å². The normalized spacial score (nSPS) is 16.7. The van der Waals surface area contributed by atoms with E-state index in [1.54, 1.807) is 16.4 Å². The average molecular weight is 363 g/mol. The lowest BCUT2D eigenvalue weighted by molar-refractivity contribution is 0.135. The Hall–Kier alpha value is -1.92. The van der Waals surface area contributed by atoms with Gasteiger partial charge in [0, 0.05) is 13.1 Å². The summed E-state index contributed by atoms with van der Waals surface area (Å²) in [5.41, 5.74) is 1.03. The van der Waals surface area contributed by atoms with Crippen molar-refractivity contribution < 1.29 is 17.5 Å². The highest BCUT2D eigenvalue weighted by atomic mass is 32.2. The lowest BCUT2D eigenvalue weighted by atomic mass is 10.1. The van der Waals surface area contributed by atoms with Crippen LogP contribution in [-0.4, -0.2) is 37.7 Å². The molecule has 0 aromatic heterocycles. The minimum atomic E-state index is -3.26. The molecule has 1 saturated heterocycles. The zero-order chi connectivity index (χ0) is 17.7. The van der Waals surface area contributed by atoms with E-state index in [0.717, 1.165) is 5.56 Å². The fraction of sp³-hybridized carbons (Fsp3) is 0.368. The van der Waals surface area contributed by atoms with Gasteiger partial charge in [-0.2, -0.15) is 0 Å². The van der Waals surface area contributed by atoms with Gasteiger partial charge in [-0.3, -0.25) is 0 Å². The summed E-state index contributed by atoms with van der Waals surface area (Å²) in [6, 6.07) is 15.6. The molecule has 1 heterocycles. The number of nitrogens with zero attached hydrogens (tertiary/aromatic N) is 1. The van der Waals surface area contributed by atoms with Gasteiger partial charge in [-0.1, -0.05) is 30.3 Å². The molecule has 134 valence electrons. The van der Waals surface area contributed by atoms with Crippen LogP contribution in [0.3, 0.4) is 0 Å². The molecule has 0 unspecified atom stereocenters. The molecule has 0 radical (unpaired) electrons. The van der Waals surface area contributed by atoms with Crippen molar-refractivity contribution in [3.63, 3.8) is 0 Å². The Morgan fingerprint density at radius 2 is 1.64 bits per heavy atom. The zero-order valence-corrected chi connectivity index (χ0v) is 14.8. The topological polar surface area (TPSA) is 46.6 Å². The number of halogens is 1. The summed E-state index contributed by atoms with van der Waals surface area (Å²) in [6.45, 7) is 0.923. The van der Waals surface area contributed by atoms with Gasteiger partial charge in [0.15, 0.2) is 0 Å². The first-order valence-electron chi connectivity index (χ1n) is 8.47. The third kappa shape index (κ3) is 5.03. The molecule has 0 atom stereocenters. The minimum Gasteiger partial charge on any atom is -0.490 e. The van der Waals surface area contributed by atoms with Gasteiger partial charge >= 0.3 is 0 Å². The molecular weight excluding hydrogens is 341 g/mol. The van der Waals surface area contributed by atoms with E-state index >= 15 is 0 Å². The maximum absolute atomic E-state index is 12.9. The molecule has 6 heteroatoms. The fourth-order valence-corrected chi connectivity index (χ4v) is 4.47. The van der Waals surface area contributed by atoms with E-state index in [9.17, 15) is 12.8 Å². The number of aryl methyl sites for hydroxylation is 1. The van der Waals surface area contributed by atoms with E-state index in [-0.39, 0.29) is 17.7 Å². The molecule has 0 amide bonds. The highest BCUT2D eigenvalue weighted by molar-refractivity contribution is 7.89. The molecule has 0 aliphatic carbocycles. The molecule has 2 aromatic rings. The first-order chi connectivity index (χ1) is 12.0. The van der Waals surface area contributed by atoms with Gasteiger partial charge in [-0.25, -0.2) is 17.1 Å². The Morgan fingerprint density at radius 3 is 2.28 bits per heavy atom. The van der Waals surface area contributed by atoms with Crippen LogP contribution in [0.25, 0.3) is 0 Å². The molecule has 1 fully saturated rings. The van der Waals surface area contributed by atoms with Crippen molar-refractivity contribution in [3.05, 3.63) is 66.0 Å². The molecular formula is C19H22FNO3S. The number of hydrogen-bond donors (Lipinski definition) is 0. The summed E-state index contributed by atoms with van der Waals surface area (Å²) >= 11 is 0. The van der Waals surface area contributed by atoms with Crippen LogP contribution in [0, 0.1) is 5.82 Å². The average Bonchev–Trinajstić information content (AvgIpc) is 2.63. The van der Waals surface area contributed by atoms with Crippen molar-refractivity contribution in [2.45, 2.75) is 25.4 Å². The van der Waals surface area contributed by atoms with E-state index in [1.807, 2.05) is 30.3 Å². The smallest absolute Gasteiger partial charge is 0.214 e. The molecule has 2 aromatic carbocycles. The van der Waals surface area contributed by atoms with Gasteiger partial charge in [0.25, 0.3) is 0 Å². The zero-order valence-electron chi connectivity index (χ0n) is 14.0. The van der Waals surface area contributed by atoms with Crippen LogP contribution in [0.1, 0.15) is 18.4 Å². The molecule has 25 heavy (non-hydrogen) atoms. The van der Waals surface area contributed by atoms with Crippen LogP contribution in [0.15, 0.2) is 54.6 Å². The van der Waals surface area contributed by atoms with Gasteiger partial charge in [0.05, 0.1) is 5.75 Å². The summed E-state index contributed by atoms with van der Waals surface area (Å²) in [6.07, 6.45) is 1.77. The molecule has 0 bridgehead atoms. The van der Waals surface area contributed by atoms with Crippen LogP contribution in [0.4, 0.5) is 4.39 Å². The predicted molar refractivity (Wildman–Crippen MR) is 95.6 cm³/mol. The largest absolute Gasteiger partial charge is 0.490 e. The van der Waals surface area contributed by atoms with E-state index in [4.69, 9.17) is 4.74 Å². The Kier molecular flexibility index (Phi) is 5.71. The van der Waals surface area contributed by atoms with Gasteiger partial charge in [0.1, 0.15) is 17.7 Å². The number of ether oxygens (including phenoxy) is 1. The standard InChI is InChI=1S/C19H22FNO3S/c20-17-6-8-18(9-7-17)24-19-10-13-21(14-11-19)25(22,23)15-12-16-4-2-1-3-5-16/h1-9,19H,10-15H2. The van der Waals surface area contributed by atoms with Gasteiger partial charge in [-0.15, -0.1) is 0 Å². The van der Waals surface area contributed by atoms with Crippen molar-refractivity contribution >= 4 is 10.0 Å². The Labute approximate surface area is 148 Å². The van der Waals surface area contributed by atoms with Crippen LogP contribution in [0.5, 0.6) is 5.75 Å². The van der Waals surface area contributed by atoms with Crippen LogP contribution in [0.2, 0.25) is 0 Å². The maximum Gasteiger partial charge on any atom is 0.214 e. The minimum absolute atomic E-state index is 0.0361. The van der Waals surface area contributed by atoms with Crippen molar-refractivity contribution in [1.29, 1.82) is 0 Å². The number of benzene rings is 2. The summed E-state index contributed by atoms with van der Waals surface area (Å²) < 4.78 is 45.3. The molecule has 3 rings (SSSR count). The first-order valence-corrected chi connectivity index (χ1v) is 10.1. The first kappa shape index (κ1) is 17.9. The second kappa shape index (κ2) is 7.97. The predicted octanol–water partition coefficient (Wildman–Crippen LogP) is 3.24. The van der Waals surface area contributed by atoms with E-state index in [2.05, 4.69) is 0 Å². The van der Waals surface area contributed by atoms with Gasteiger partial charge in [-0.05, 0) is 49.1 Å². The molecule has 4 nitrogen and oxygen atoms in total. The van der Waals surface area contributed by atoms with E-state index < -0.39 is 10.0 Å². The summed E-state index contributed by atoms with van der Waals surface area (Å²) in [5.74, 6) is 0.444. The van der Waals surface area contributed by atoms with Crippen molar-refractivity contribution in [2.75, 3.05) is 18.8 Å². The number of rotatable bonds is 6. The highest BCUT2D eigenvalue weighted by Crippen LogP contribution is 2.21. The number of piperidine rings is 1. The second-order valence-electron chi connectivity index (χ2n) is 6.22. The monoisotopic (exact) mass is 363 g/mol. The second-order valence-corrected chi connectivity index (χ2v) is 8.31. The number of hydrogen-bond acceptors (Lipinski definition) is 3. The van der Waals surface area contributed by atoms with Crippen LogP contribution >= 0.6 is 0 Å². The third-order valence-electron chi connectivity index (χ3n) is 4.40. The highest BCUT2D eigenvalue weighted by Gasteiger charge is 2.28. The Bertz CT molecular complexity index is 770. The van der Waals surface area contributed by atoms with E-state index in [1.165, 1.54) is 12.1 Å². The molecule has 0 saturated carbocycles. The molecule has 0 N–H and O–H groups in total. The summed E-state index contributed by atoms with van der Waals surface area (Å²) in [5, 5.41) is 0. The van der Waals surface area contributed by atoms with Gasteiger partial charge in [0.2, 0.25) is 10.0 Å². The van der Waals surface area contributed by atoms with Crippen molar-refractivity contribution in [1.82, 2.24) is 4.31 Å². The van der Waals surface area contributed by atoms with Crippen LogP contribution < -0.4 is 4.74 Å². The fourth-order valence-electron chi connectivity index (χ4n) is 2.95. The molecule has 0 spiro atoms. The summed E-state index contributed by atoms with van der Waals surface area (Å²) in [4.78, 5) is 0. The van der Waals surface area contributed by atoms with Crippen molar-refractivity contribution in [3.8, 4) is 5.75 Å². The third-order valence-corrected chi connectivity index (χ3v) is 6.27. The maximum atomic E-state index is 12.9. The SMILES string of the molecule is O=S(=O)(CCc1ccccc1)N1CCC(Oc2ccc(F)cc2)CC1. The summed E-state index contributed by atoms with van der Waals surface area (Å²) in [7, 11) is -3.26. The molecule has 1 aliphatic rings.